The number of fused-ring (bicyclic) bond motifs is 1. The molecule has 1 amide bonds. The Kier molecular flexibility index (Phi) is 5.18. The molecule has 1 unspecified atom stereocenters. The van der Waals surface area contributed by atoms with Crippen LogP contribution in [0.5, 0.6) is 0 Å². The van der Waals surface area contributed by atoms with Gasteiger partial charge in [0.25, 0.3) is 0 Å². The van der Waals surface area contributed by atoms with E-state index in [1.54, 1.807) is 23.6 Å². The van der Waals surface area contributed by atoms with Gasteiger partial charge in [0.15, 0.2) is 0 Å². The summed E-state index contributed by atoms with van der Waals surface area (Å²) in [5.74, 6) is -0.00484. The summed E-state index contributed by atoms with van der Waals surface area (Å²) in [5, 5.41) is 2.08. The van der Waals surface area contributed by atoms with Gasteiger partial charge in [0.2, 0.25) is 5.91 Å². The van der Waals surface area contributed by atoms with E-state index in [0.717, 1.165) is 22.0 Å². The molecule has 3 rings (SSSR count). The Morgan fingerprint density at radius 3 is 2.64 bits per heavy atom. The van der Waals surface area contributed by atoms with Gasteiger partial charge in [0.1, 0.15) is 11.9 Å². The minimum atomic E-state index is -0.363. The lowest BCUT2D eigenvalue weighted by atomic mass is 10.0. The first-order valence-electron chi connectivity index (χ1n) is 8.28. The van der Waals surface area contributed by atoms with Crippen molar-refractivity contribution in [2.45, 2.75) is 12.3 Å². The average Bonchev–Trinajstić information content (AvgIpc) is 2.94. The molecule has 1 aliphatic heterocycles. The first-order valence-corrected chi connectivity index (χ1v) is 9.33. The fourth-order valence-electron chi connectivity index (χ4n) is 3.14. The third kappa shape index (κ3) is 3.44. The van der Waals surface area contributed by atoms with Gasteiger partial charge in [-0.3, -0.25) is 9.59 Å². The van der Waals surface area contributed by atoms with E-state index in [9.17, 15) is 9.59 Å². The number of thioether (sulfide) groups is 1. The van der Waals surface area contributed by atoms with Crippen molar-refractivity contribution in [3.63, 3.8) is 0 Å². The molecule has 1 fully saturated rings. The lowest BCUT2D eigenvalue weighted by molar-refractivity contribution is -0.148. The van der Waals surface area contributed by atoms with Crippen molar-refractivity contribution in [3.8, 4) is 0 Å². The van der Waals surface area contributed by atoms with Crippen molar-refractivity contribution in [3.05, 3.63) is 42.0 Å². The minimum Gasteiger partial charge on any atom is -0.465 e. The fourth-order valence-corrected chi connectivity index (χ4v) is 4.36. The number of hydrogen-bond acceptors (Lipinski definition) is 5. The van der Waals surface area contributed by atoms with Crippen LogP contribution in [0.4, 0.5) is 5.69 Å². The van der Waals surface area contributed by atoms with Crippen LogP contribution < -0.4 is 4.90 Å². The zero-order chi connectivity index (χ0) is 18.0. The third-order valence-corrected chi connectivity index (χ3v) is 5.49. The molecular formula is C19H22N2O3S. The number of amides is 1. The number of esters is 1. The van der Waals surface area contributed by atoms with Gasteiger partial charge in [-0.1, -0.05) is 30.3 Å². The SMILES string of the molecule is CCOC(=O)CN1C(=O)CSC1c1ccc(N(C)C)c2ccccc12. The van der Waals surface area contributed by atoms with Crippen LogP contribution in [-0.2, 0) is 14.3 Å². The van der Waals surface area contributed by atoms with Crippen LogP contribution in [0, 0.1) is 0 Å². The Labute approximate surface area is 151 Å². The summed E-state index contributed by atoms with van der Waals surface area (Å²) >= 11 is 1.56. The van der Waals surface area contributed by atoms with Gasteiger partial charge in [0.05, 0.1) is 12.4 Å². The van der Waals surface area contributed by atoms with Crippen molar-refractivity contribution < 1.29 is 14.3 Å². The highest BCUT2D eigenvalue weighted by Gasteiger charge is 2.35. The lowest BCUT2D eigenvalue weighted by Gasteiger charge is -2.25. The van der Waals surface area contributed by atoms with Crippen LogP contribution in [0.25, 0.3) is 10.8 Å². The normalized spacial score (nSPS) is 17.2. The summed E-state index contributed by atoms with van der Waals surface area (Å²) in [5.41, 5.74) is 2.19. The molecule has 132 valence electrons. The van der Waals surface area contributed by atoms with E-state index in [1.807, 2.05) is 26.2 Å². The summed E-state index contributed by atoms with van der Waals surface area (Å²) < 4.78 is 5.03. The molecule has 0 bridgehead atoms. The van der Waals surface area contributed by atoms with Crippen molar-refractivity contribution in [2.75, 3.05) is 37.9 Å². The molecular weight excluding hydrogens is 336 g/mol. The van der Waals surface area contributed by atoms with E-state index < -0.39 is 0 Å². The zero-order valence-electron chi connectivity index (χ0n) is 14.7. The van der Waals surface area contributed by atoms with Gasteiger partial charge in [-0.05, 0) is 23.9 Å². The second-order valence-electron chi connectivity index (χ2n) is 6.10. The van der Waals surface area contributed by atoms with Gasteiger partial charge < -0.3 is 14.5 Å². The number of anilines is 1. The van der Waals surface area contributed by atoms with Crippen molar-refractivity contribution in [1.82, 2.24) is 4.90 Å². The smallest absolute Gasteiger partial charge is 0.325 e. The largest absolute Gasteiger partial charge is 0.465 e. The van der Waals surface area contributed by atoms with Gasteiger partial charge in [0, 0.05) is 25.2 Å². The number of hydrogen-bond donors (Lipinski definition) is 0. The van der Waals surface area contributed by atoms with Crippen LogP contribution in [0.15, 0.2) is 36.4 Å². The average molecular weight is 358 g/mol. The molecule has 2 aromatic rings. The van der Waals surface area contributed by atoms with E-state index in [0.29, 0.717) is 12.4 Å². The maximum Gasteiger partial charge on any atom is 0.325 e. The molecule has 1 heterocycles. The number of rotatable bonds is 5. The van der Waals surface area contributed by atoms with Crippen molar-refractivity contribution in [2.24, 2.45) is 0 Å². The highest BCUT2D eigenvalue weighted by Crippen LogP contribution is 2.42. The Morgan fingerprint density at radius 1 is 1.24 bits per heavy atom. The minimum absolute atomic E-state index is 0.00585. The first-order chi connectivity index (χ1) is 12.0. The molecule has 0 saturated carbocycles. The van der Waals surface area contributed by atoms with Crippen molar-refractivity contribution in [1.29, 1.82) is 0 Å². The van der Waals surface area contributed by atoms with Crippen LogP contribution in [0.2, 0.25) is 0 Å². The molecule has 0 aliphatic carbocycles. The Balaban J connectivity index is 2.02. The second-order valence-corrected chi connectivity index (χ2v) is 7.17. The van der Waals surface area contributed by atoms with Crippen LogP contribution in [0.1, 0.15) is 17.9 Å². The van der Waals surface area contributed by atoms with E-state index >= 15 is 0 Å². The summed E-state index contributed by atoms with van der Waals surface area (Å²) in [4.78, 5) is 27.9. The Hall–Kier alpha value is -2.21. The van der Waals surface area contributed by atoms with Crippen LogP contribution in [0.3, 0.4) is 0 Å². The van der Waals surface area contributed by atoms with Crippen molar-refractivity contribution >= 4 is 40.1 Å². The molecule has 0 radical (unpaired) electrons. The Morgan fingerprint density at radius 2 is 1.96 bits per heavy atom. The number of carbonyl (C=O) groups is 2. The van der Waals surface area contributed by atoms with E-state index in [4.69, 9.17) is 4.74 Å². The molecule has 25 heavy (non-hydrogen) atoms. The molecule has 0 spiro atoms. The summed E-state index contributed by atoms with van der Waals surface area (Å²) in [6.07, 6.45) is 0. The summed E-state index contributed by atoms with van der Waals surface area (Å²) in [6, 6.07) is 12.3. The third-order valence-electron chi connectivity index (χ3n) is 4.26. The number of nitrogens with zero attached hydrogens (tertiary/aromatic N) is 2. The summed E-state index contributed by atoms with van der Waals surface area (Å²) in [7, 11) is 4.03. The zero-order valence-corrected chi connectivity index (χ0v) is 15.5. The highest BCUT2D eigenvalue weighted by molar-refractivity contribution is 8.00. The van der Waals surface area contributed by atoms with Gasteiger partial charge in [-0.25, -0.2) is 0 Å². The molecule has 6 heteroatoms. The number of ether oxygens (including phenoxy) is 1. The Bertz CT molecular complexity index is 806. The van der Waals surface area contributed by atoms with E-state index in [1.165, 1.54) is 0 Å². The molecule has 0 aromatic heterocycles. The van der Waals surface area contributed by atoms with Gasteiger partial charge in [-0.15, -0.1) is 11.8 Å². The maximum atomic E-state index is 12.3. The molecule has 1 aliphatic rings. The lowest BCUT2D eigenvalue weighted by Crippen LogP contribution is -2.34. The number of benzene rings is 2. The fraction of sp³-hybridized carbons (Fsp3) is 0.368. The number of carbonyl (C=O) groups excluding carboxylic acids is 2. The highest BCUT2D eigenvalue weighted by atomic mass is 32.2. The second kappa shape index (κ2) is 7.35. The maximum absolute atomic E-state index is 12.3. The quantitative estimate of drug-likeness (QED) is 0.769. The summed E-state index contributed by atoms with van der Waals surface area (Å²) in [6.45, 7) is 2.08. The van der Waals surface area contributed by atoms with Crippen LogP contribution >= 0.6 is 11.8 Å². The molecule has 5 nitrogen and oxygen atoms in total. The van der Waals surface area contributed by atoms with E-state index in [-0.39, 0.29) is 23.8 Å². The van der Waals surface area contributed by atoms with E-state index in [2.05, 4.69) is 29.2 Å². The van der Waals surface area contributed by atoms with Gasteiger partial charge >= 0.3 is 5.97 Å². The standard InChI is InChI=1S/C19H22N2O3S/c1-4-24-18(23)11-21-17(22)12-25-19(21)15-9-10-16(20(2)3)14-8-6-5-7-13(14)15/h5-10,19H,4,11-12H2,1-3H3. The monoisotopic (exact) mass is 358 g/mol. The van der Waals surface area contributed by atoms with Crippen LogP contribution in [-0.4, -0.2) is 49.8 Å². The predicted octanol–water partition coefficient (Wildman–Crippen LogP) is 3.04. The van der Waals surface area contributed by atoms with Gasteiger partial charge in [-0.2, -0.15) is 0 Å². The molecule has 1 atom stereocenters. The topological polar surface area (TPSA) is 49.9 Å². The molecule has 0 N–H and O–H groups in total. The molecule has 2 aromatic carbocycles. The molecule has 1 saturated heterocycles. The first kappa shape index (κ1) is 17.6. The predicted molar refractivity (Wildman–Crippen MR) is 102 cm³/mol.